The summed E-state index contributed by atoms with van der Waals surface area (Å²) in [6.07, 6.45) is 4.87. The minimum absolute atomic E-state index is 0.289. The van der Waals surface area contributed by atoms with Gasteiger partial charge in [-0.15, -0.1) is 0 Å². The van der Waals surface area contributed by atoms with Gasteiger partial charge in [0, 0.05) is 42.8 Å². The zero-order chi connectivity index (χ0) is 18.4. The zero-order valence-electron chi connectivity index (χ0n) is 14.6. The van der Waals surface area contributed by atoms with Crippen molar-refractivity contribution in [3.05, 3.63) is 72.6 Å². The molecule has 0 amide bonds. The van der Waals surface area contributed by atoms with E-state index in [1.807, 2.05) is 24.3 Å². The number of nitrogens with zero attached hydrogens (tertiary/aromatic N) is 2. The first-order valence-electron chi connectivity index (χ1n) is 8.70. The third kappa shape index (κ3) is 4.09. The van der Waals surface area contributed by atoms with Crippen LogP contribution in [0.5, 0.6) is 0 Å². The molecule has 1 heterocycles. The van der Waals surface area contributed by atoms with Gasteiger partial charge in [-0.1, -0.05) is 42.5 Å². The maximum absolute atomic E-state index is 13.2. The molecule has 0 bridgehead atoms. The number of aromatic nitrogens is 1. The maximum atomic E-state index is 13.2. The van der Waals surface area contributed by atoms with E-state index >= 15 is 0 Å². The molecule has 0 aliphatic rings. The van der Waals surface area contributed by atoms with E-state index in [4.69, 9.17) is 5.73 Å². The average molecular weight is 369 g/mol. The van der Waals surface area contributed by atoms with E-state index < -0.39 is 10.0 Å². The number of hydrogen-bond acceptors (Lipinski definition) is 4. The van der Waals surface area contributed by atoms with Crippen molar-refractivity contribution in [1.29, 1.82) is 0 Å². The second-order valence-electron chi connectivity index (χ2n) is 6.13. The third-order valence-corrected chi connectivity index (χ3v) is 6.31. The van der Waals surface area contributed by atoms with Crippen LogP contribution in [-0.2, 0) is 16.4 Å². The van der Waals surface area contributed by atoms with Crippen molar-refractivity contribution in [2.75, 3.05) is 19.6 Å². The number of fused-ring (bicyclic) bond motifs is 1. The molecule has 6 heteroatoms. The lowest BCUT2D eigenvalue weighted by Gasteiger charge is -2.22. The van der Waals surface area contributed by atoms with Gasteiger partial charge in [-0.3, -0.25) is 4.98 Å². The Hall–Kier alpha value is -2.28. The molecule has 3 aromatic rings. The van der Waals surface area contributed by atoms with Crippen molar-refractivity contribution < 1.29 is 8.42 Å². The Labute approximate surface area is 154 Å². The summed E-state index contributed by atoms with van der Waals surface area (Å²) in [5, 5.41) is 1.50. The molecule has 0 fully saturated rings. The van der Waals surface area contributed by atoms with Crippen molar-refractivity contribution in [2.45, 2.75) is 17.7 Å². The summed E-state index contributed by atoms with van der Waals surface area (Å²) < 4.78 is 27.9. The second-order valence-corrected chi connectivity index (χ2v) is 8.04. The van der Waals surface area contributed by atoms with Crippen LogP contribution < -0.4 is 5.73 Å². The molecule has 0 aliphatic heterocycles. The monoisotopic (exact) mass is 369 g/mol. The lowest BCUT2D eigenvalue weighted by atomic mass is 10.1. The molecule has 1 aromatic heterocycles. The standard InChI is InChI=1S/C20H23N3O2S/c21-12-15-23(14-5-8-17-6-2-1-3-7-17)26(24,25)20-10-4-9-18-16-22-13-11-19(18)20/h1-4,6-7,9-11,13,16H,5,8,12,14-15,21H2. The van der Waals surface area contributed by atoms with Gasteiger partial charge in [0.05, 0.1) is 4.90 Å². The molecule has 3 rings (SSSR count). The third-order valence-electron chi connectivity index (χ3n) is 4.35. The molecule has 136 valence electrons. The van der Waals surface area contributed by atoms with Crippen LogP contribution in [0.4, 0.5) is 0 Å². The van der Waals surface area contributed by atoms with Gasteiger partial charge in [0.25, 0.3) is 0 Å². The fourth-order valence-electron chi connectivity index (χ4n) is 3.06. The fraction of sp³-hybridized carbons (Fsp3) is 0.250. The van der Waals surface area contributed by atoms with Gasteiger partial charge in [0.2, 0.25) is 10.0 Å². The summed E-state index contributed by atoms with van der Waals surface area (Å²) in [5.74, 6) is 0. The molecule has 2 aromatic carbocycles. The number of pyridine rings is 1. The quantitative estimate of drug-likeness (QED) is 0.662. The number of benzene rings is 2. The van der Waals surface area contributed by atoms with Gasteiger partial charge in [0.15, 0.2) is 0 Å². The molecule has 0 saturated heterocycles. The minimum Gasteiger partial charge on any atom is -0.329 e. The van der Waals surface area contributed by atoms with Crippen LogP contribution in [-0.4, -0.2) is 37.3 Å². The number of aryl methyl sites for hydroxylation is 1. The highest BCUT2D eigenvalue weighted by Gasteiger charge is 2.25. The molecule has 2 N–H and O–H groups in total. The first kappa shape index (κ1) is 18.5. The van der Waals surface area contributed by atoms with Crippen LogP contribution in [0.2, 0.25) is 0 Å². The van der Waals surface area contributed by atoms with E-state index in [0.717, 1.165) is 18.2 Å². The van der Waals surface area contributed by atoms with Crippen LogP contribution >= 0.6 is 0 Å². The summed E-state index contributed by atoms with van der Waals surface area (Å²) in [6.45, 7) is 1.03. The van der Waals surface area contributed by atoms with E-state index in [1.165, 1.54) is 9.87 Å². The minimum atomic E-state index is -3.62. The number of rotatable bonds is 8. The van der Waals surface area contributed by atoms with Crippen LogP contribution in [0.1, 0.15) is 12.0 Å². The number of sulfonamides is 1. The van der Waals surface area contributed by atoms with E-state index in [9.17, 15) is 8.42 Å². The molecular weight excluding hydrogens is 346 g/mol. The number of nitrogens with two attached hydrogens (primary N) is 1. The van der Waals surface area contributed by atoms with Crippen molar-refractivity contribution in [2.24, 2.45) is 5.73 Å². The highest BCUT2D eigenvalue weighted by Crippen LogP contribution is 2.25. The Bertz CT molecular complexity index is 954. The molecular formula is C20H23N3O2S. The van der Waals surface area contributed by atoms with E-state index in [0.29, 0.717) is 23.4 Å². The molecule has 26 heavy (non-hydrogen) atoms. The summed E-state index contributed by atoms with van der Waals surface area (Å²) in [4.78, 5) is 4.38. The Morgan fingerprint density at radius 2 is 1.77 bits per heavy atom. The average Bonchev–Trinajstić information content (AvgIpc) is 2.67. The van der Waals surface area contributed by atoms with Crippen molar-refractivity contribution in [3.63, 3.8) is 0 Å². The van der Waals surface area contributed by atoms with Crippen molar-refractivity contribution in [1.82, 2.24) is 9.29 Å². The van der Waals surface area contributed by atoms with E-state index in [2.05, 4.69) is 17.1 Å². The van der Waals surface area contributed by atoms with Crippen LogP contribution in [0.15, 0.2) is 71.9 Å². The predicted molar refractivity (Wildman–Crippen MR) is 104 cm³/mol. The molecule has 0 spiro atoms. The molecule has 0 radical (unpaired) electrons. The molecule has 0 atom stereocenters. The first-order chi connectivity index (χ1) is 12.6. The van der Waals surface area contributed by atoms with Gasteiger partial charge in [-0.25, -0.2) is 8.42 Å². The van der Waals surface area contributed by atoms with E-state index in [1.54, 1.807) is 30.6 Å². The summed E-state index contributed by atoms with van der Waals surface area (Å²) in [7, 11) is -3.62. The van der Waals surface area contributed by atoms with Gasteiger partial charge in [-0.05, 0) is 30.5 Å². The van der Waals surface area contributed by atoms with Crippen LogP contribution in [0, 0.1) is 0 Å². The fourth-order valence-corrected chi connectivity index (χ4v) is 4.76. The van der Waals surface area contributed by atoms with Gasteiger partial charge >= 0.3 is 0 Å². The van der Waals surface area contributed by atoms with E-state index in [-0.39, 0.29) is 6.54 Å². The highest BCUT2D eigenvalue weighted by molar-refractivity contribution is 7.89. The summed E-state index contributed by atoms with van der Waals surface area (Å²) in [5.41, 5.74) is 6.89. The maximum Gasteiger partial charge on any atom is 0.243 e. The Balaban J connectivity index is 1.83. The molecule has 0 saturated carbocycles. The number of hydrogen-bond donors (Lipinski definition) is 1. The second kappa shape index (κ2) is 8.40. The predicted octanol–water partition coefficient (Wildman–Crippen LogP) is 2.82. The Morgan fingerprint density at radius 1 is 0.962 bits per heavy atom. The van der Waals surface area contributed by atoms with Gasteiger partial charge in [-0.2, -0.15) is 4.31 Å². The smallest absolute Gasteiger partial charge is 0.243 e. The van der Waals surface area contributed by atoms with Gasteiger partial charge < -0.3 is 5.73 Å². The van der Waals surface area contributed by atoms with Crippen molar-refractivity contribution in [3.8, 4) is 0 Å². The molecule has 0 aliphatic carbocycles. The topological polar surface area (TPSA) is 76.3 Å². The lowest BCUT2D eigenvalue weighted by molar-refractivity contribution is 0.412. The van der Waals surface area contributed by atoms with Crippen LogP contribution in [0.25, 0.3) is 10.8 Å². The largest absolute Gasteiger partial charge is 0.329 e. The normalized spacial score (nSPS) is 11.9. The highest BCUT2D eigenvalue weighted by atomic mass is 32.2. The summed E-state index contributed by atoms with van der Waals surface area (Å²) in [6, 6.07) is 17.1. The SMILES string of the molecule is NCCN(CCCc1ccccc1)S(=O)(=O)c1cccc2cnccc12. The van der Waals surface area contributed by atoms with Crippen molar-refractivity contribution >= 4 is 20.8 Å². The summed E-state index contributed by atoms with van der Waals surface area (Å²) >= 11 is 0. The van der Waals surface area contributed by atoms with Crippen LogP contribution in [0.3, 0.4) is 0 Å². The molecule has 0 unspecified atom stereocenters. The Morgan fingerprint density at radius 3 is 2.54 bits per heavy atom. The van der Waals surface area contributed by atoms with Gasteiger partial charge in [0.1, 0.15) is 0 Å². The lowest BCUT2D eigenvalue weighted by Crippen LogP contribution is -2.36. The molecule has 5 nitrogen and oxygen atoms in total. The first-order valence-corrected chi connectivity index (χ1v) is 10.1. The Kier molecular flexibility index (Phi) is 5.98. The zero-order valence-corrected chi connectivity index (χ0v) is 15.4.